The Morgan fingerprint density at radius 3 is 2.30 bits per heavy atom. The molecule has 0 spiro atoms. The van der Waals surface area contributed by atoms with Gasteiger partial charge in [0.1, 0.15) is 5.82 Å². The number of carbonyl (C=O) groups excluding carboxylic acids is 1. The molecule has 5 nitrogen and oxygen atoms in total. The predicted molar refractivity (Wildman–Crippen MR) is 104 cm³/mol. The van der Waals surface area contributed by atoms with Crippen LogP contribution in [-0.4, -0.2) is 38.0 Å². The average molecular weight is 392 g/mol. The highest BCUT2D eigenvalue weighted by Gasteiger charge is 2.18. The first-order valence-electron chi connectivity index (χ1n) is 8.79. The van der Waals surface area contributed by atoms with Gasteiger partial charge >= 0.3 is 0 Å². The monoisotopic (exact) mass is 392 g/mol. The van der Waals surface area contributed by atoms with Crippen LogP contribution in [0.1, 0.15) is 30.5 Å². The maximum absolute atomic E-state index is 13.0. The summed E-state index contributed by atoms with van der Waals surface area (Å²) in [4.78, 5) is 12.2. The number of nitrogens with one attached hydrogen (secondary N) is 1. The summed E-state index contributed by atoms with van der Waals surface area (Å²) in [7, 11) is -3.44. The second-order valence-corrected chi connectivity index (χ2v) is 8.47. The van der Waals surface area contributed by atoms with Crippen LogP contribution in [0.15, 0.2) is 54.6 Å². The number of benzene rings is 2. The van der Waals surface area contributed by atoms with Crippen molar-refractivity contribution in [3.63, 3.8) is 0 Å². The number of amides is 1. The summed E-state index contributed by atoms with van der Waals surface area (Å²) in [6.45, 7) is 2.23. The van der Waals surface area contributed by atoms with E-state index in [-0.39, 0.29) is 37.3 Å². The first kappa shape index (κ1) is 21.1. The minimum atomic E-state index is -3.44. The van der Waals surface area contributed by atoms with E-state index in [2.05, 4.69) is 5.32 Å². The second kappa shape index (κ2) is 9.62. The zero-order valence-electron chi connectivity index (χ0n) is 15.6. The zero-order valence-corrected chi connectivity index (χ0v) is 16.4. The van der Waals surface area contributed by atoms with Crippen LogP contribution in [0.3, 0.4) is 0 Å². The highest BCUT2D eigenvalue weighted by atomic mass is 32.2. The van der Waals surface area contributed by atoms with E-state index in [1.54, 1.807) is 12.1 Å². The number of nitrogens with zero attached hydrogens (tertiary/aromatic N) is 1. The molecule has 0 bridgehead atoms. The van der Waals surface area contributed by atoms with E-state index in [9.17, 15) is 17.6 Å². The summed E-state index contributed by atoms with van der Waals surface area (Å²) >= 11 is 0. The molecule has 0 saturated heterocycles. The molecule has 2 aromatic carbocycles. The van der Waals surface area contributed by atoms with E-state index >= 15 is 0 Å². The third-order valence-electron chi connectivity index (χ3n) is 4.30. The van der Waals surface area contributed by atoms with Gasteiger partial charge in [0.25, 0.3) is 0 Å². The number of sulfonamides is 1. The molecule has 0 aliphatic rings. The van der Waals surface area contributed by atoms with Gasteiger partial charge in [-0.25, -0.2) is 17.1 Å². The van der Waals surface area contributed by atoms with Crippen molar-refractivity contribution in [2.45, 2.75) is 25.8 Å². The molecule has 1 atom stereocenters. The fourth-order valence-electron chi connectivity index (χ4n) is 2.71. The van der Waals surface area contributed by atoms with Crippen LogP contribution < -0.4 is 5.32 Å². The summed E-state index contributed by atoms with van der Waals surface area (Å²) in [6.07, 6.45) is 1.66. The molecule has 0 aliphatic carbocycles. The Labute approximate surface area is 160 Å². The Kier molecular flexibility index (Phi) is 7.50. The van der Waals surface area contributed by atoms with E-state index in [1.807, 2.05) is 37.3 Å². The average Bonchev–Trinajstić information content (AvgIpc) is 2.62. The number of halogens is 1. The molecule has 2 rings (SSSR count). The van der Waals surface area contributed by atoms with Crippen molar-refractivity contribution in [1.29, 1.82) is 0 Å². The molecule has 1 N–H and O–H groups in total. The molecule has 0 aliphatic heterocycles. The van der Waals surface area contributed by atoms with Crippen molar-refractivity contribution in [2.24, 2.45) is 0 Å². The molecule has 0 aromatic heterocycles. The normalized spacial score (nSPS) is 12.7. The van der Waals surface area contributed by atoms with Gasteiger partial charge < -0.3 is 5.32 Å². The van der Waals surface area contributed by atoms with Gasteiger partial charge in [-0.15, -0.1) is 0 Å². The largest absolute Gasteiger partial charge is 0.350 e. The summed E-state index contributed by atoms with van der Waals surface area (Å²) in [5.74, 6) is -0.537. The highest BCUT2D eigenvalue weighted by Crippen LogP contribution is 2.12. The van der Waals surface area contributed by atoms with Gasteiger partial charge in [-0.1, -0.05) is 42.5 Å². The Morgan fingerprint density at radius 2 is 1.70 bits per heavy atom. The van der Waals surface area contributed by atoms with Crippen molar-refractivity contribution in [3.05, 3.63) is 71.5 Å². The summed E-state index contributed by atoms with van der Waals surface area (Å²) in [6, 6.07) is 15.4. The maximum atomic E-state index is 13.0. The Bertz CT molecular complexity index is 839. The van der Waals surface area contributed by atoms with Crippen molar-refractivity contribution in [2.75, 3.05) is 19.3 Å². The van der Waals surface area contributed by atoms with Crippen molar-refractivity contribution < 1.29 is 17.6 Å². The highest BCUT2D eigenvalue weighted by molar-refractivity contribution is 7.88. The fraction of sp³-hybridized carbons (Fsp3) is 0.350. The second-order valence-electron chi connectivity index (χ2n) is 6.49. The lowest BCUT2D eigenvalue weighted by atomic mass is 10.1. The van der Waals surface area contributed by atoms with E-state index in [4.69, 9.17) is 0 Å². The minimum absolute atomic E-state index is 0.0770. The smallest absolute Gasteiger partial charge is 0.221 e. The third-order valence-corrected chi connectivity index (χ3v) is 5.60. The Balaban J connectivity index is 1.88. The molecule has 7 heteroatoms. The number of hydrogen-bond acceptors (Lipinski definition) is 3. The maximum Gasteiger partial charge on any atom is 0.221 e. The van der Waals surface area contributed by atoms with Gasteiger partial charge in [0.15, 0.2) is 0 Å². The van der Waals surface area contributed by atoms with Gasteiger partial charge in [0.2, 0.25) is 15.9 Å². The summed E-state index contributed by atoms with van der Waals surface area (Å²) in [5, 5.41) is 2.88. The van der Waals surface area contributed by atoms with Crippen LogP contribution >= 0.6 is 0 Å². The van der Waals surface area contributed by atoms with Gasteiger partial charge in [-0.2, -0.15) is 0 Å². The molecule has 1 unspecified atom stereocenters. The van der Waals surface area contributed by atoms with Crippen LogP contribution in [0, 0.1) is 5.82 Å². The lowest BCUT2D eigenvalue weighted by Gasteiger charge is -2.20. The van der Waals surface area contributed by atoms with Gasteiger partial charge in [-0.05, 0) is 36.6 Å². The minimum Gasteiger partial charge on any atom is -0.350 e. The van der Waals surface area contributed by atoms with Crippen molar-refractivity contribution in [3.8, 4) is 0 Å². The standard InChI is InChI=1S/C20H25FN2O3S/c1-16(18-6-4-3-5-7-18)22-20(24)13-15-23(27(2,25)26)14-12-17-8-10-19(21)11-9-17/h3-11,16H,12-15H2,1-2H3,(H,22,24). The quantitative estimate of drug-likeness (QED) is 0.714. The molecular weight excluding hydrogens is 367 g/mol. The van der Waals surface area contributed by atoms with E-state index < -0.39 is 10.0 Å². The molecule has 0 saturated carbocycles. The first-order valence-corrected chi connectivity index (χ1v) is 10.6. The molecular formula is C20H25FN2O3S. The molecule has 27 heavy (non-hydrogen) atoms. The van der Waals surface area contributed by atoms with E-state index in [0.717, 1.165) is 17.4 Å². The molecule has 0 fully saturated rings. The van der Waals surface area contributed by atoms with E-state index in [0.29, 0.717) is 6.42 Å². The topological polar surface area (TPSA) is 66.5 Å². The van der Waals surface area contributed by atoms with Crippen molar-refractivity contribution in [1.82, 2.24) is 9.62 Å². The Hall–Kier alpha value is -2.25. The lowest BCUT2D eigenvalue weighted by Crippen LogP contribution is -2.36. The van der Waals surface area contributed by atoms with Gasteiger partial charge in [0.05, 0.1) is 12.3 Å². The number of carbonyl (C=O) groups is 1. The summed E-state index contributed by atoms with van der Waals surface area (Å²) < 4.78 is 38.2. The fourth-order valence-corrected chi connectivity index (χ4v) is 3.56. The number of rotatable bonds is 9. The third kappa shape index (κ3) is 7.11. The van der Waals surface area contributed by atoms with Crippen LogP contribution in [0.25, 0.3) is 0 Å². The van der Waals surface area contributed by atoms with Crippen LogP contribution in [0.2, 0.25) is 0 Å². The predicted octanol–water partition coefficient (Wildman–Crippen LogP) is 2.90. The van der Waals surface area contributed by atoms with Crippen molar-refractivity contribution >= 4 is 15.9 Å². The Morgan fingerprint density at radius 1 is 1.07 bits per heavy atom. The molecule has 146 valence electrons. The lowest BCUT2D eigenvalue weighted by molar-refractivity contribution is -0.121. The zero-order chi connectivity index (χ0) is 19.9. The van der Waals surface area contributed by atoms with Gasteiger partial charge in [-0.3, -0.25) is 4.79 Å². The first-order chi connectivity index (χ1) is 12.8. The van der Waals surface area contributed by atoms with Crippen LogP contribution in [-0.2, 0) is 21.2 Å². The van der Waals surface area contributed by atoms with Crippen LogP contribution in [0.4, 0.5) is 4.39 Å². The summed E-state index contributed by atoms with van der Waals surface area (Å²) in [5.41, 5.74) is 1.83. The van der Waals surface area contributed by atoms with Gasteiger partial charge in [0, 0.05) is 19.5 Å². The molecule has 2 aromatic rings. The number of hydrogen-bond donors (Lipinski definition) is 1. The van der Waals surface area contributed by atoms with Crippen LogP contribution in [0.5, 0.6) is 0 Å². The SMILES string of the molecule is CC(NC(=O)CCN(CCc1ccc(F)cc1)S(C)(=O)=O)c1ccccc1. The molecule has 0 radical (unpaired) electrons. The van der Waals surface area contributed by atoms with E-state index in [1.165, 1.54) is 16.4 Å². The molecule has 1 amide bonds. The molecule has 0 heterocycles.